The number of aliphatic hydroxyl groups excluding tert-OH is 1. The molecule has 0 saturated carbocycles. The van der Waals surface area contributed by atoms with Gasteiger partial charge in [-0.3, -0.25) is 9.59 Å². The molecule has 6 N–H and O–H groups in total. The fraction of sp³-hybridized carbons (Fsp3) is 0.500. The molecule has 0 saturated heterocycles. The first kappa shape index (κ1) is 23.5. The maximum atomic E-state index is 12.4. The van der Waals surface area contributed by atoms with E-state index in [0.29, 0.717) is 5.69 Å². The van der Waals surface area contributed by atoms with Crippen molar-refractivity contribution >= 4 is 41.7 Å². The zero-order chi connectivity index (χ0) is 20.1. The first-order valence-corrected chi connectivity index (χ1v) is 8.82. The third-order valence-electron chi connectivity index (χ3n) is 4.40. The summed E-state index contributed by atoms with van der Waals surface area (Å²) in [5.74, 6) is -1.24. The van der Waals surface area contributed by atoms with Crippen molar-refractivity contribution in [1.82, 2.24) is 10.6 Å². The molecule has 1 aromatic carbocycles. The van der Waals surface area contributed by atoms with Crippen LogP contribution in [0.3, 0.4) is 0 Å². The molecule has 156 valence electrons. The molecule has 0 fully saturated rings. The lowest BCUT2D eigenvalue weighted by molar-refractivity contribution is -0.128. The minimum atomic E-state index is -1.30. The molecule has 1 aromatic rings. The summed E-state index contributed by atoms with van der Waals surface area (Å²) in [6, 6.07) is 3.59. The first-order chi connectivity index (χ1) is 12.7. The molecule has 0 spiro atoms. The second kappa shape index (κ2) is 10.1. The van der Waals surface area contributed by atoms with Crippen molar-refractivity contribution in [3.63, 3.8) is 0 Å². The minimum absolute atomic E-state index is 0. The van der Waals surface area contributed by atoms with Gasteiger partial charge in [0.15, 0.2) is 0 Å². The molecule has 0 aromatic heterocycles. The molecule has 10 heteroatoms. The van der Waals surface area contributed by atoms with Gasteiger partial charge in [0.1, 0.15) is 12.1 Å². The highest BCUT2D eigenvalue weighted by Crippen LogP contribution is 2.28. The highest BCUT2D eigenvalue weighted by Gasteiger charge is 2.27. The lowest BCUT2D eigenvalue weighted by Crippen LogP contribution is -2.53. The van der Waals surface area contributed by atoms with E-state index in [1.165, 1.54) is 6.92 Å². The Balaban J connectivity index is 0.00000392. The lowest BCUT2D eigenvalue weighted by atomic mass is 10.0. The number of rotatable bonds is 7. The van der Waals surface area contributed by atoms with E-state index in [-0.39, 0.29) is 31.0 Å². The third-order valence-corrected chi connectivity index (χ3v) is 4.40. The molecular formula is C18H27ClN4O5. The minimum Gasteiger partial charge on any atom is -0.465 e. The standard InChI is InChI=1S/C18H26N4O5.ClH/c1-9(2)15(22-18(26)27)17(25)19-10(3)16(24)21-12-5-4-11-6-13(8-23)20-14(11)7-12;/h4-5,7,9-10,13,15,20,22-23H,6,8H2,1-3H3,(H,19,25)(H,21,24)(H,26,27);1H/t10?,13-,15?;/m0./s1. The van der Waals surface area contributed by atoms with Crippen LogP contribution in [0.4, 0.5) is 16.2 Å². The highest BCUT2D eigenvalue weighted by molar-refractivity contribution is 5.98. The van der Waals surface area contributed by atoms with Crippen molar-refractivity contribution in [1.29, 1.82) is 0 Å². The van der Waals surface area contributed by atoms with Crippen LogP contribution in [0.25, 0.3) is 0 Å². The van der Waals surface area contributed by atoms with E-state index in [1.54, 1.807) is 26.0 Å². The number of hydrogen-bond donors (Lipinski definition) is 6. The molecule has 0 bridgehead atoms. The van der Waals surface area contributed by atoms with Gasteiger partial charge in [0.2, 0.25) is 11.8 Å². The number of aliphatic hydroxyl groups is 1. The number of anilines is 2. The number of amides is 3. The number of carbonyl (C=O) groups is 3. The van der Waals surface area contributed by atoms with Crippen molar-refractivity contribution in [3.8, 4) is 0 Å². The second-order valence-corrected chi connectivity index (χ2v) is 6.99. The van der Waals surface area contributed by atoms with E-state index in [0.717, 1.165) is 17.7 Å². The van der Waals surface area contributed by atoms with Crippen molar-refractivity contribution in [2.75, 3.05) is 17.2 Å². The fourth-order valence-corrected chi connectivity index (χ4v) is 2.90. The number of hydrogen-bond acceptors (Lipinski definition) is 5. The van der Waals surface area contributed by atoms with Crippen molar-refractivity contribution in [3.05, 3.63) is 23.8 Å². The molecule has 1 heterocycles. The van der Waals surface area contributed by atoms with Crippen LogP contribution in [0.5, 0.6) is 0 Å². The molecule has 2 rings (SSSR count). The van der Waals surface area contributed by atoms with Gasteiger partial charge < -0.3 is 31.5 Å². The van der Waals surface area contributed by atoms with Gasteiger partial charge in [-0.15, -0.1) is 12.4 Å². The van der Waals surface area contributed by atoms with Crippen molar-refractivity contribution < 1.29 is 24.6 Å². The van der Waals surface area contributed by atoms with Gasteiger partial charge in [-0.25, -0.2) is 4.79 Å². The number of carbonyl (C=O) groups excluding carboxylic acids is 2. The first-order valence-electron chi connectivity index (χ1n) is 8.82. The van der Waals surface area contributed by atoms with Gasteiger partial charge in [0, 0.05) is 11.4 Å². The topological polar surface area (TPSA) is 140 Å². The van der Waals surface area contributed by atoms with Gasteiger partial charge in [0.25, 0.3) is 0 Å². The molecule has 28 heavy (non-hydrogen) atoms. The van der Waals surface area contributed by atoms with Crippen molar-refractivity contribution in [2.45, 2.75) is 45.3 Å². The summed E-state index contributed by atoms with van der Waals surface area (Å²) in [7, 11) is 0. The number of carboxylic acid groups (broad SMARTS) is 1. The Hall–Kier alpha value is -2.52. The Kier molecular flexibility index (Phi) is 8.52. The van der Waals surface area contributed by atoms with Crippen LogP contribution in [0, 0.1) is 5.92 Å². The van der Waals surface area contributed by atoms with Crippen LogP contribution >= 0.6 is 12.4 Å². The molecule has 9 nitrogen and oxygen atoms in total. The van der Waals surface area contributed by atoms with Gasteiger partial charge in [-0.05, 0) is 37.0 Å². The van der Waals surface area contributed by atoms with E-state index in [2.05, 4.69) is 21.3 Å². The molecule has 3 amide bonds. The van der Waals surface area contributed by atoms with E-state index in [9.17, 15) is 19.5 Å². The Morgan fingerprint density at radius 1 is 1.18 bits per heavy atom. The van der Waals surface area contributed by atoms with Gasteiger partial charge in [0.05, 0.1) is 12.6 Å². The number of fused-ring (bicyclic) bond motifs is 1. The summed E-state index contributed by atoms with van der Waals surface area (Å²) in [6.45, 7) is 4.98. The van der Waals surface area contributed by atoms with E-state index in [1.807, 2.05) is 6.07 Å². The van der Waals surface area contributed by atoms with Gasteiger partial charge >= 0.3 is 6.09 Å². The number of halogens is 1. The average molecular weight is 415 g/mol. The molecule has 1 aliphatic heterocycles. The maximum Gasteiger partial charge on any atom is 0.405 e. The quantitative estimate of drug-likeness (QED) is 0.396. The lowest BCUT2D eigenvalue weighted by Gasteiger charge is -2.22. The molecule has 1 aliphatic rings. The van der Waals surface area contributed by atoms with E-state index < -0.39 is 30.0 Å². The van der Waals surface area contributed by atoms with E-state index >= 15 is 0 Å². The van der Waals surface area contributed by atoms with Crippen LogP contribution in [0.15, 0.2) is 18.2 Å². The van der Waals surface area contributed by atoms with E-state index in [4.69, 9.17) is 5.11 Å². The van der Waals surface area contributed by atoms with Gasteiger partial charge in [-0.1, -0.05) is 19.9 Å². The Morgan fingerprint density at radius 2 is 1.86 bits per heavy atom. The third kappa shape index (κ3) is 6.00. The summed E-state index contributed by atoms with van der Waals surface area (Å²) in [5, 5.41) is 28.7. The highest BCUT2D eigenvalue weighted by atomic mass is 35.5. The second-order valence-electron chi connectivity index (χ2n) is 6.99. The summed E-state index contributed by atoms with van der Waals surface area (Å²) >= 11 is 0. The summed E-state index contributed by atoms with van der Waals surface area (Å²) < 4.78 is 0. The van der Waals surface area contributed by atoms with Crippen LogP contribution in [0.2, 0.25) is 0 Å². The Labute approximate surface area is 169 Å². The number of benzene rings is 1. The summed E-state index contributed by atoms with van der Waals surface area (Å²) in [5.41, 5.74) is 2.48. The maximum absolute atomic E-state index is 12.4. The Bertz CT molecular complexity index is 728. The van der Waals surface area contributed by atoms with Crippen molar-refractivity contribution in [2.24, 2.45) is 5.92 Å². The van der Waals surface area contributed by atoms with Crippen LogP contribution in [-0.4, -0.2) is 52.9 Å². The SMILES string of the molecule is CC(NC(=O)C(NC(=O)O)C(C)C)C(=O)Nc1ccc2c(c1)N[C@H](CO)C2.Cl. The molecule has 0 aliphatic carbocycles. The monoisotopic (exact) mass is 414 g/mol. The molecule has 2 unspecified atom stereocenters. The Morgan fingerprint density at radius 3 is 2.43 bits per heavy atom. The molecule has 0 radical (unpaired) electrons. The smallest absolute Gasteiger partial charge is 0.405 e. The summed E-state index contributed by atoms with van der Waals surface area (Å²) in [4.78, 5) is 35.4. The van der Waals surface area contributed by atoms with Gasteiger partial charge in [-0.2, -0.15) is 0 Å². The largest absolute Gasteiger partial charge is 0.465 e. The fourth-order valence-electron chi connectivity index (χ4n) is 2.90. The van der Waals surface area contributed by atoms with Crippen LogP contribution in [0.1, 0.15) is 26.3 Å². The number of nitrogens with one attached hydrogen (secondary N) is 4. The molecule has 3 atom stereocenters. The normalized spacial score (nSPS) is 16.8. The van der Waals surface area contributed by atoms with Crippen LogP contribution < -0.4 is 21.3 Å². The predicted octanol–water partition coefficient (Wildman–Crippen LogP) is 1.17. The zero-order valence-corrected chi connectivity index (χ0v) is 16.8. The average Bonchev–Trinajstić information content (AvgIpc) is 3.01. The predicted molar refractivity (Wildman–Crippen MR) is 108 cm³/mol. The summed E-state index contributed by atoms with van der Waals surface area (Å²) in [6.07, 6.45) is -0.576. The zero-order valence-electron chi connectivity index (χ0n) is 16.0. The molecular weight excluding hydrogens is 388 g/mol. The van der Waals surface area contributed by atoms with Crippen LogP contribution in [-0.2, 0) is 16.0 Å².